The van der Waals surface area contributed by atoms with Crippen LogP contribution in [-0.2, 0) is 36.7 Å². The summed E-state index contributed by atoms with van der Waals surface area (Å²) in [5.74, 6) is -1.21. The molecule has 0 atom stereocenters. The van der Waals surface area contributed by atoms with Gasteiger partial charge in [-0.05, 0) is 188 Å². The van der Waals surface area contributed by atoms with Crippen molar-refractivity contribution in [3.63, 3.8) is 0 Å². The Morgan fingerprint density at radius 3 is 1.39 bits per heavy atom. The van der Waals surface area contributed by atoms with Gasteiger partial charge in [-0.2, -0.15) is 36.0 Å². The van der Waals surface area contributed by atoms with Crippen molar-refractivity contribution in [2.75, 3.05) is 48.8 Å². The number of halogens is 15. The number of ether oxygens (including phenoxy) is 2. The van der Waals surface area contributed by atoms with Crippen molar-refractivity contribution in [1.29, 1.82) is 10.5 Å². The molecule has 0 spiro atoms. The minimum Gasteiger partial charge on any atom is -1.00 e. The van der Waals surface area contributed by atoms with E-state index in [4.69, 9.17) is 168 Å². The number of aromatic nitrogens is 15. The third-order valence-electron chi connectivity index (χ3n) is 18.2. The first kappa shape index (κ1) is 130. The van der Waals surface area contributed by atoms with E-state index < -0.39 is 17.1 Å². The van der Waals surface area contributed by atoms with Gasteiger partial charge in [0.05, 0.1) is 90.5 Å². The maximum absolute atomic E-state index is 12.4. The Morgan fingerprint density at radius 1 is 0.531 bits per heavy atom. The number of esters is 2. The molecule has 0 saturated heterocycles. The number of ketones is 7. The van der Waals surface area contributed by atoms with Crippen LogP contribution in [0.1, 0.15) is 175 Å². The van der Waals surface area contributed by atoms with Gasteiger partial charge in [-0.1, -0.05) is 151 Å². The number of nitrogens with one attached hydrogen (secondary N) is 4. The Balaban J connectivity index is 0.000000445. The first-order valence-corrected chi connectivity index (χ1v) is 50.8. The molecule has 0 aliphatic rings. The number of hydrogen-bond donors (Lipinski definition) is 5. The minimum atomic E-state index is -3.22. The zero-order valence-electron chi connectivity index (χ0n) is 78.6. The smallest absolute Gasteiger partial charge is 1.00 e. The molecule has 5 aromatic carbocycles. The Kier molecular flexibility index (Phi) is 57.4. The molecule has 0 bridgehead atoms. The van der Waals surface area contributed by atoms with Crippen LogP contribution in [0, 0.1) is 22.7 Å². The molecule has 10 aromatic heterocycles. The first-order valence-electron chi connectivity index (χ1n) is 41.1. The largest absolute Gasteiger partial charge is 1.00 e. The summed E-state index contributed by atoms with van der Waals surface area (Å²) in [5, 5.41) is 56.6. The maximum Gasteiger partial charge on any atom is 1.00 e. The van der Waals surface area contributed by atoms with Crippen molar-refractivity contribution in [3.05, 3.63) is 310 Å². The molecule has 0 amide bonds. The van der Waals surface area contributed by atoms with E-state index in [-0.39, 0.29) is 227 Å². The molecule has 147 heavy (non-hydrogen) atoms. The Hall–Kier alpha value is -8.88. The summed E-state index contributed by atoms with van der Waals surface area (Å²) < 4.78 is 24.8. The first-order chi connectivity index (χ1) is 68.2. The molecule has 15 aromatic rings. The van der Waals surface area contributed by atoms with Gasteiger partial charge >= 0.3 is 120 Å². The van der Waals surface area contributed by atoms with Crippen molar-refractivity contribution in [1.82, 2.24) is 73.7 Å². The van der Waals surface area contributed by atoms with Crippen LogP contribution in [0.25, 0.3) is 50.3 Å². The number of carbonyl (C=O) groups is 10. The normalized spacial score (nSPS) is 10.2. The zero-order chi connectivity index (χ0) is 107. The van der Waals surface area contributed by atoms with E-state index in [1.807, 2.05) is 12.1 Å². The number of nitrogens with two attached hydrogens (primary N) is 1. The van der Waals surface area contributed by atoms with Crippen LogP contribution >= 0.6 is 182 Å². The molecule has 54 heteroatoms. The van der Waals surface area contributed by atoms with Crippen molar-refractivity contribution >= 4 is 270 Å². The quantitative estimate of drug-likeness (QED) is 0.00387. The molecule has 0 saturated carbocycles. The number of aromatic amines is 2. The van der Waals surface area contributed by atoms with Gasteiger partial charge in [0.25, 0.3) is 12.0 Å². The van der Waals surface area contributed by atoms with E-state index in [2.05, 4.69) is 122 Å². The average Bonchev–Trinajstić information content (AvgIpc) is 1.61. The molecule has 36 nitrogen and oxygen atoms in total. The zero-order valence-corrected chi connectivity index (χ0v) is 96.9. The summed E-state index contributed by atoms with van der Waals surface area (Å²) in [7, 11) is 0. The van der Waals surface area contributed by atoms with E-state index in [1.54, 1.807) is 146 Å². The standard InChI is InChI=1S/C23H18Cl2N6O.C16H14Cl2N2O4.C14H8Cl3N3O.C14H9Cl2N3O2.C8H5BrCl2O.C8H10N4.C8H10N2O3.CH2O3.CH4.Cl3OP.2K.H/c1-14(32)20-10-22-23(27-8-2-3-17-6-4-15(11-26)12-28-17)29-21(13-31(22)30-20)18-7-5-16(24)9-19(18)25;1-3-24-16(23)14-7-13(9(2)21)19-20(14)8-15(22)11-5-4-10(17)6-12(11)18;1-7(21)11-5-13-14(17)18-12(6-20(13)19-11)9-3-2-8(15)4-10(9)16;1-7(20)11-5-13-14(21)17-12(6-19(13)18-11)9-3-2-8(15)4-10(9)16;9-4-8(12)6-2-1-5(10)3-7(6)11;9-3-4-11-8-2-1-7(5-10)6-12-8;1-3-13-8(12)7-4-6(5(2)11)9-10-7;2-1-4-3;;1-5(2,3)4;;;/h4-7,9-10,12-13H,2-3,8H2,1H3,(H,27,29);4-7H,3,8H2,1-2H3;2-6H,1H3;2-6H,1H3,(H,17,21);1-3H,4H2;1-2,6H,3-4,9H2,(H,11,12);4H,3H2,1-2H3,(H,9,10);1,3H;1H4;;;;/q;;;;;;;;;;2*+1;-1/p-1. The molecule has 15 rings (SSSR count). The van der Waals surface area contributed by atoms with Crippen LogP contribution in [0.4, 0.5) is 11.6 Å². The van der Waals surface area contributed by atoms with E-state index in [1.165, 1.54) is 86.2 Å². The van der Waals surface area contributed by atoms with Crippen molar-refractivity contribution in [3.8, 4) is 45.9 Å². The summed E-state index contributed by atoms with van der Waals surface area (Å²) in [6.07, 6.45) is 9.66. The monoisotopic (exact) mass is 2410 g/mol. The number of fused-ring (bicyclic) bond motifs is 3. The summed E-state index contributed by atoms with van der Waals surface area (Å²) in [6.45, 7) is 12.3. The number of rotatable bonds is 26. The van der Waals surface area contributed by atoms with Crippen LogP contribution in [-0.4, -0.2) is 171 Å². The van der Waals surface area contributed by atoms with Gasteiger partial charge in [0, 0.05) is 143 Å². The Bertz CT molecular complexity index is 7430. The number of H-pyrrole nitrogens is 2. The molecule has 10 heterocycles. The number of carbonyl (C=O) groups excluding carboxylic acids is 10. The molecular weight excluding hydrogens is 2340 g/mol. The number of nitrogens with zero attached hydrogens (tertiary/aromatic N) is 15. The number of Topliss-reactive ketones (excluding diaryl/α,β-unsaturated/α-hetero) is 7. The SMILES string of the molecule is C.CC(=O)c1cc2c(=O)[nH]c(-c3ccc(Cl)cc3Cl)cn2n1.CC(=O)c1cc2c(Cl)nc(-c3ccc(Cl)cc3Cl)cn2n1.CC(=O)c1cc2c(NCCCc3ccc(C#N)cn3)nc(-c3ccc(Cl)cc3Cl)cn2n1.CCOC(=O)c1cc(C(C)=O)n[nH]1.CCOC(=O)c1cc(C(C)=O)nn1CC(=O)c1ccc(Cl)cc1Cl.N#Cc1ccc(NCCN)nc1.O=C(CBr)c1ccc(Cl)cc1Cl.O=CO[O-].O=P(Cl)(Cl)Cl.[H-].[K+].[K+]. The van der Waals surface area contributed by atoms with Gasteiger partial charge in [-0.15, -0.1) is 0 Å². The van der Waals surface area contributed by atoms with E-state index in [9.17, 15) is 52.5 Å². The number of nitriles is 2. The van der Waals surface area contributed by atoms with Gasteiger partial charge in [-0.3, -0.25) is 57.8 Å². The molecular formula is C93H80BrCl14K2N20O16P. The Morgan fingerprint density at radius 2 is 0.959 bits per heavy atom. The topological polar surface area (TPSA) is 519 Å². The molecule has 0 aliphatic carbocycles. The van der Waals surface area contributed by atoms with Gasteiger partial charge in [0.2, 0.25) is 0 Å². The maximum atomic E-state index is 12.4. The summed E-state index contributed by atoms with van der Waals surface area (Å²) in [4.78, 5) is 147. The van der Waals surface area contributed by atoms with Crippen LogP contribution in [0.5, 0.6) is 0 Å². The second-order valence-corrected chi connectivity index (χ2v) is 40.3. The summed E-state index contributed by atoms with van der Waals surface area (Å²) in [6, 6.07) is 43.2. The second kappa shape index (κ2) is 64.7. The predicted molar refractivity (Wildman–Crippen MR) is 564 cm³/mol. The van der Waals surface area contributed by atoms with Crippen LogP contribution in [0.3, 0.4) is 0 Å². The fourth-order valence-corrected chi connectivity index (χ4v) is 14.7. The number of hydrogen-bond acceptors (Lipinski definition) is 30. The number of pyridine rings is 2. The second-order valence-electron chi connectivity index (χ2n) is 28.6. The van der Waals surface area contributed by atoms with Crippen molar-refractivity contribution in [2.24, 2.45) is 5.73 Å². The predicted octanol–water partition coefficient (Wildman–Crippen LogP) is 17.1. The number of aryl methyl sites for hydroxylation is 1. The minimum absolute atomic E-state index is 0. The van der Waals surface area contributed by atoms with Gasteiger partial charge in [-0.25, -0.2) is 42.8 Å². The van der Waals surface area contributed by atoms with Crippen LogP contribution < -0.4 is 130 Å². The molecule has 760 valence electrons. The number of alkyl halides is 1. The Labute approximate surface area is 1000 Å². The third kappa shape index (κ3) is 41.7. The molecule has 0 radical (unpaired) electrons. The van der Waals surface area contributed by atoms with E-state index in [0.29, 0.717) is 156 Å². The summed E-state index contributed by atoms with van der Waals surface area (Å²) in [5.41, 5.74) is 14.4. The van der Waals surface area contributed by atoms with Crippen molar-refractivity contribution < 1.29 is 176 Å². The molecule has 0 unspecified atom stereocenters. The van der Waals surface area contributed by atoms with E-state index in [0.717, 1.165) is 29.0 Å². The van der Waals surface area contributed by atoms with E-state index >= 15 is 0 Å². The molecule has 0 aliphatic heterocycles. The average molecular weight is 2420 g/mol. The fraction of sp³-hybridized carbons (Fsp3) is 0.183. The van der Waals surface area contributed by atoms with Gasteiger partial charge in [0.15, 0.2) is 51.5 Å². The van der Waals surface area contributed by atoms with Crippen molar-refractivity contribution in [2.45, 2.75) is 75.3 Å². The summed E-state index contributed by atoms with van der Waals surface area (Å²) >= 11 is 82.8. The van der Waals surface area contributed by atoms with Crippen LogP contribution in [0.15, 0.2) is 181 Å². The van der Waals surface area contributed by atoms with Crippen LogP contribution in [0.2, 0.25) is 55.4 Å². The third-order valence-corrected chi connectivity index (χ3v) is 21.8. The number of benzene rings is 5. The number of anilines is 2. The van der Waals surface area contributed by atoms with Gasteiger partial charge in [0.1, 0.15) is 80.9 Å². The molecule has 0 fully saturated rings. The molecule has 6 N–H and O–H groups in total. The van der Waals surface area contributed by atoms with Gasteiger partial charge < -0.3 is 42.4 Å². The fourth-order valence-electron chi connectivity index (χ4n) is 11.6.